The van der Waals surface area contributed by atoms with Crippen LogP contribution in [0.25, 0.3) is 60.3 Å². The minimum Gasteiger partial charge on any atom is -0.360 e. The minimum absolute atomic E-state index is 0.197. The number of allylic oxidation sites excluding steroid dienone is 1. The quantitative estimate of drug-likeness (QED) is 0.186. The van der Waals surface area contributed by atoms with Gasteiger partial charge < -0.3 is 5.32 Å². The normalized spacial score (nSPS) is 16.9. The molecule has 0 saturated heterocycles. The summed E-state index contributed by atoms with van der Waals surface area (Å²) in [5, 5.41) is 11.5. The van der Waals surface area contributed by atoms with E-state index in [1.165, 1.54) is 60.1 Å². The second-order valence-electron chi connectivity index (χ2n) is 13.0. The van der Waals surface area contributed by atoms with Gasteiger partial charge >= 0.3 is 0 Å². The third-order valence-electron chi connectivity index (χ3n) is 10.00. The van der Waals surface area contributed by atoms with Crippen molar-refractivity contribution in [2.75, 3.05) is 0 Å². The van der Waals surface area contributed by atoms with Crippen molar-refractivity contribution in [3.63, 3.8) is 0 Å². The summed E-state index contributed by atoms with van der Waals surface area (Å²) in [6.07, 6.45) is 3.89. The summed E-state index contributed by atoms with van der Waals surface area (Å²) in [5.41, 5.74) is 10.6. The van der Waals surface area contributed by atoms with Gasteiger partial charge in [-0.05, 0) is 96.2 Å². The summed E-state index contributed by atoms with van der Waals surface area (Å²) >= 11 is 0. The molecule has 0 aromatic heterocycles. The molecule has 238 valence electrons. The zero-order valence-corrected chi connectivity index (χ0v) is 27.8. The van der Waals surface area contributed by atoms with E-state index in [2.05, 4.69) is 187 Å². The van der Waals surface area contributed by atoms with Crippen molar-refractivity contribution < 1.29 is 0 Å². The SMILES string of the molecule is C1=C(/c2ccccc2)NC(c2ccccc2)/N=C(/c2cccc(-c3ccccc3-c3ccc4c5ccccc5c5ccccc5c4c3)c2)CC/1. The monoisotopic (exact) mass is 640 g/mol. The number of fused-ring (bicyclic) bond motifs is 6. The van der Waals surface area contributed by atoms with Crippen molar-refractivity contribution in [1.29, 1.82) is 0 Å². The Hall–Kier alpha value is -6.25. The van der Waals surface area contributed by atoms with Crippen LogP contribution in [0, 0.1) is 0 Å². The fourth-order valence-electron chi connectivity index (χ4n) is 7.57. The minimum atomic E-state index is -0.197. The second kappa shape index (κ2) is 13.0. The first-order valence-electron chi connectivity index (χ1n) is 17.5. The molecule has 2 nitrogen and oxygen atoms in total. The maximum atomic E-state index is 5.42. The number of aliphatic imine (C=N–C) groups is 1. The predicted octanol–water partition coefficient (Wildman–Crippen LogP) is 12.4. The molecule has 9 rings (SSSR count). The molecular formula is C48H36N2. The highest BCUT2D eigenvalue weighted by atomic mass is 15.1. The molecule has 0 saturated carbocycles. The first-order valence-corrected chi connectivity index (χ1v) is 17.5. The van der Waals surface area contributed by atoms with Crippen LogP contribution in [0.15, 0.2) is 187 Å². The van der Waals surface area contributed by atoms with Crippen molar-refractivity contribution in [2.45, 2.75) is 19.0 Å². The summed E-state index contributed by atoms with van der Waals surface area (Å²) in [6.45, 7) is 0. The number of hydrogen-bond donors (Lipinski definition) is 1. The number of rotatable bonds is 5. The Morgan fingerprint density at radius 1 is 0.420 bits per heavy atom. The molecule has 0 radical (unpaired) electrons. The van der Waals surface area contributed by atoms with E-state index in [9.17, 15) is 0 Å². The molecule has 1 aliphatic heterocycles. The van der Waals surface area contributed by atoms with E-state index in [4.69, 9.17) is 4.99 Å². The van der Waals surface area contributed by atoms with E-state index in [1.54, 1.807) is 0 Å². The summed E-state index contributed by atoms with van der Waals surface area (Å²) in [6, 6.07) is 63.4. The zero-order chi connectivity index (χ0) is 33.3. The molecule has 1 atom stereocenters. The van der Waals surface area contributed by atoms with E-state index in [1.807, 2.05) is 0 Å². The Bertz CT molecular complexity index is 2530. The average molecular weight is 641 g/mol. The summed E-state index contributed by atoms with van der Waals surface area (Å²) in [4.78, 5) is 5.42. The van der Waals surface area contributed by atoms with Crippen LogP contribution >= 0.6 is 0 Å². The lowest BCUT2D eigenvalue weighted by Gasteiger charge is -2.23. The van der Waals surface area contributed by atoms with Gasteiger partial charge in [-0.1, -0.05) is 170 Å². The Morgan fingerprint density at radius 2 is 0.940 bits per heavy atom. The highest BCUT2D eigenvalue weighted by molar-refractivity contribution is 6.25. The van der Waals surface area contributed by atoms with E-state index < -0.39 is 0 Å². The summed E-state index contributed by atoms with van der Waals surface area (Å²) in [5.74, 6) is 0. The van der Waals surface area contributed by atoms with Crippen molar-refractivity contribution in [1.82, 2.24) is 5.32 Å². The molecule has 1 unspecified atom stereocenters. The van der Waals surface area contributed by atoms with E-state index in [0.717, 1.165) is 35.4 Å². The molecule has 8 aromatic rings. The molecule has 1 aliphatic rings. The molecule has 2 heteroatoms. The third kappa shape index (κ3) is 5.55. The lowest BCUT2D eigenvalue weighted by Crippen LogP contribution is -2.22. The van der Waals surface area contributed by atoms with Gasteiger partial charge in [0, 0.05) is 11.4 Å². The molecule has 0 spiro atoms. The highest BCUT2D eigenvalue weighted by Crippen LogP contribution is 2.39. The fourth-order valence-corrected chi connectivity index (χ4v) is 7.57. The lowest BCUT2D eigenvalue weighted by molar-refractivity contribution is 0.661. The lowest BCUT2D eigenvalue weighted by atomic mass is 9.89. The summed E-state index contributed by atoms with van der Waals surface area (Å²) < 4.78 is 0. The highest BCUT2D eigenvalue weighted by Gasteiger charge is 2.18. The van der Waals surface area contributed by atoms with Gasteiger partial charge in [0.1, 0.15) is 6.17 Å². The van der Waals surface area contributed by atoms with Crippen LogP contribution in [0.1, 0.15) is 35.7 Å². The maximum Gasteiger partial charge on any atom is 0.145 e. The molecule has 1 heterocycles. The van der Waals surface area contributed by atoms with Crippen molar-refractivity contribution in [2.24, 2.45) is 4.99 Å². The van der Waals surface area contributed by atoms with Gasteiger partial charge in [0.05, 0.1) is 0 Å². The molecule has 0 amide bonds. The Labute approximate surface area is 293 Å². The van der Waals surface area contributed by atoms with Gasteiger partial charge in [-0.25, -0.2) is 0 Å². The van der Waals surface area contributed by atoms with E-state index in [0.29, 0.717) is 0 Å². The van der Waals surface area contributed by atoms with Gasteiger partial charge in [0.15, 0.2) is 0 Å². The molecule has 8 aromatic carbocycles. The van der Waals surface area contributed by atoms with Gasteiger partial charge in [-0.3, -0.25) is 4.99 Å². The van der Waals surface area contributed by atoms with Crippen LogP contribution in [0.2, 0.25) is 0 Å². The number of benzene rings is 8. The van der Waals surface area contributed by atoms with Crippen molar-refractivity contribution >= 4 is 43.7 Å². The zero-order valence-electron chi connectivity index (χ0n) is 27.8. The number of nitrogens with one attached hydrogen (secondary N) is 1. The molecule has 0 bridgehead atoms. The Kier molecular flexibility index (Phi) is 7.75. The largest absolute Gasteiger partial charge is 0.360 e. The molecule has 50 heavy (non-hydrogen) atoms. The van der Waals surface area contributed by atoms with Crippen molar-refractivity contribution in [3.05, 3.63) is 199 Å². The van der Waals surface area contributed by atoms with Gasteiger partial charge in [-0.15, -0.1) is 0 Å². The molecule has 0 aliphatic carbocycles. The first-order chi connectivity index (χ1) is 24.8. The molecule has 0 fully saturated rings. The third-order valence-corrected chi connectivity index (χ3v) is 10.00. The number of hydrogen-bond acceptors (Lipinski definition) is 2. The van der Waals surface area contributed by atoms with Crippen molar-refractivity contribution in [3.8, 4) is 22.3 Å². The molecular weight excluding hydrogens is 605 g/mol. The van der Waals surface area contributed by atoms with Crippen LogP contribution in [-0.4, -0.2) is 5.71 Å². The van der Waals surface area contributed by atoms with Crippen LogP contribution in [0.4, 0.5) is 0 Å². The standard InChI is InChI=1S/C48H36N2/c1-3-15-33(16-4-1)46-27-14-28-47(50-48(49-46)34-17-5-2-6-18-34)37-20-13-19-35(31-37)38-21-7-8-22-39(38)36-29-30-44-42-25-10-9-23-40(42)41-24-11-12-26-43(41)45(44)32-36/h1-13,15-27,29-32,48-49H,14,28H2/b46-27-,50-47+. The van der Waals surface area contributed by atoms with Crippen LogP contribution in [-0.2, 0) is 0 Å². The maximum absolute atomic E-state index is 5.42. The van der Waals surface area contributed by atoms with Crippen LogP contribution in [0.3, 0.4) is 0 Å². The molecule has 1 N–H and O–H groups in total. The van der Waals surface area contributed by atoms with Gasteiger partial charge in [0.25, 0.3) is 0 Å². The fraction of sp³-hybridized carbons (Fsp3) is 0.0625. The Balaban J connectivity index is 1.12. The smallest absolute Gasteiger partial charge is 0.145 e. The average Bonchev–Trinajstić information content (AvgIpc) is 3.19. The van der Waals surface area contributed by atoms with E-state index >= 15 is 0 Å². The summed E-state index contributed by atoms with van der Waals surface area (Å²) in [7, 11) is 0. The van der Waals surface area contributed by atoms with Gasteiger partial charge in [-0.2, -0.15) is 0 Å². The van der Waals surface area contributed by atoms with Gasteiger partial charge in [0.2, 0.25) is 0 Å². The Morgan fingerprint density at radius 3 is 1.62 bits per heavy atom. The topological polar surface area (TPSA) is 24.4 Å². The first kappa shape index (κ1) is 29.9. The number of nitrogens with zero attached hydrogens (tertiary/aromatic N) is 1. The second-order valence-corrected chi connectivity index (χ2v) is 13.0. The predicted molar refractivity (Wildman–Crippen MR) is 212 cm³/mol. The van der Waals surface area contributed by atoms with Crippen LogP contribution < -0.4 is 5.32 Å². The van der Waals surface area contributed by atoms with E-state index in [-0.39, 0.29) is 6.17 Å². The van der Waals surface area contributed by atoms with Crippen LogP contribution in [0.5, 0.6) is 0 Å².